The number of nitrogens with zero attached hydrogens (tertiary/aromatic N) is 3. The molecule has 1 amide bonds. The predicted molar refractivity (Wildman–Crippen MR) is 119 cm³/mol. The van der Waals surface area contributed by atoms with Crippen LogP contribution in [0, 0.1) is 13.8 Å². The summed E-state index contributed by atoms with van der Waals surface area (Å²) in [5, 5.41) is 2.81. The van der Waals surface area contributed by atoms with Crippen LogP contribution in [0.1, 0.15) is 24.0 Å². The zero-order chi connectivity index (χ0) is 21.3. The normalized spacial score (nSPS) is 10.9. The number of carbonyl (C=O) groups excluding carboxylic acids is 1. The van der Waals surface area contributed by atoms with E-state index in [0.717, 1.165) is 39.6 Å². The molecule has 0 bridgehead atoms. The van der Waals surface area contributed by atoms with Crippen molar-refractivity contribution in [3.8, 4) is 16.9 Å². The first-order valence-electron chi connectivity index (χ1n) is 9.80. The molecular weight excluding hydrogens is 376 g/mol. The van der Waals surface area contributed by atoms with E-state index in [1.165, 1.54) is 12.5 Å². The Labute approximate surface area is 175 Å². The second-order valence-corrected chi connectivity index (χ2v) is 7.32. The lowest BCUT2D eigenvalue weighted by atomic mass is 10.0. The van der Waals surface area contributed by atoms with E-state index in [-0.39, 0.29) is 5.91 Å². The molecule has 0 unspecified atom stereocenters. The van der Waals surface area contributed by atoms with Gasteiger partial charge in [0.2, 0.25) is 5.91 Å². The van der Waals surface area contributed by atoms with Crippen molar-refractivity contribution >= 4 is 22.8 Å². The van der Waals surface area contributed by atoms with E-state index in [9.17, 15) is 4.79 Å². The molecule has 152 valence electrons. The molecule has 1 N–H and O–H groups in total. The van der Waals surface area contributed by atoms with Crippen molar-refractivity contribution in [1.82, 2.24) is 14.5 Å². The second kappa shape index (κ2) is 7.99. The Morgan fingerprint density at radius 2 is 1.63 bits per heavy atom. The first-order chi connectivity index (χ1) is 14.4. The molecule has 6 heteroatoms. The molecule has 0 atom stereocenters. The van der Waals surface area contributed by atoms with Gasteiger partial charge in [-0.25, -0.2) is 9.97 Å². The topological polar surface area (TPSA) is 69.0 Å². The Morgan fingerprint density at radius 1 is 1.00 bits per heavy atom. The Balaban J connectivity index is 1.61. The number of pyridine rings is 1. The minimum absolute atomic E-state index is 0.118. The number of hydrogen-bond donors (Lipinski definition) is 1. The lowest BCUT2D eigenvalue weighted by molar-refractivity contribution is -0.114. The van der Waals surface area contributed by atoms with Gasteiger partial charge in [0, 0.05) is 6.92 Å². The van der Waals surface area contributed by atoms with Crippen molar-refractivity contribution in [3.05, 3.63) is 71.7 Å². The lowest BCUT2D eigenvalue weighted by Gasteiger charge is -2.10. The van der Waals surface area contributed by atoms with Crippen molar-refractivity contribution in [2.75, 3.05) is 12.4 Å². The van der Waals surface area contributed by atoms with Crippen molar-refractivity contribution in [2.45, 2.75) is 27.3 Å². The number of rotatable bonds is 5. The second-order valence-electron chi connectivity index (χ2n) is 7.32. The molecule has 0 fully saturated rings. The molecule has 0 aliphatic heterocycles. The zero-order valence-electron chi connectivity index (χ0n) is 17.6. The molecule has 4 aromatic rings. The molecule has 6 nitrogen and oxygen atoms in total. The molecule has 30 heavy (non-hydrogen) atoms. The Kier molecular flexibility index (Phi) is 5.23. The van der Waals surface area contributed by atoms with Gasteiger partial charge in [-0.1, -0.05) is 36.4 Å². The summed E-state index contributed by atoms with van der Waals surface area (Å²) in [6.45, 7) is 6.03. The fourth-order valence-electron chi connectivity index (χ4n) is 3.53. The number of methoxy groups -OCH3 is 1. The first-order valence-corrected chi connectivity index (χ1v) is 9.80. The van der Waals surface area contributed by atoms with Crippen LogP contribution in [-0.2, 0) is 11.3 Å². The summed E-state index contributed by atoms with van der Waals surface area (Å²) in [6.07, 6.45) is 0. The number of benzene rings is 2. The summed E-state index contributed by atoms with van der Waals surface area (Å²) in [5.74, 6) is 1.62. The number of ether oxygens (including phenoxy) is 1. The van der Waals surface area contributed by atoms with Gasteiger partial charge in [-0.3, -0.25) is 4.79 Å². The molecule has 0 saturated heterocycles. The van der Waals surface area contributed by atoms with Crippen LogP contribution < -0.4 is 10.1 Å². The van der Waals surface area contributed by atoms with Gasteiger partial charge in [-0.2, -0.15) is 0 Å². The van der Waals surface area contributed by atoms with Crippen LogP contribution >= 0.6 is 0 Å². The molecule has 0 aliphatic rings. The number of aromatic nitrogens is 3. The number of amides is 1. The average Bonchev–Trinajstić information content (AvgIpc) is 3.03. The first kappa shape index (κ1) is 19.6. The number of hydrogen-bond acceptors (Lipinski definition) is 4. The summed E-state index contributed by atoms with van der Waals surface area (Å²) >= 11 is 0. The fourth-order valence-corrected chi connectivity index (χ4v) is 3.53. The Bertz CT molecular complexity index is 1210. The van der Waals surface area contributed by atoms with Gasteiger partial charge in [0.15, 0.2) is 5.65 Å². The highest BCUT2D eigenvalue weighted by Gasteiger charge is 2.13. The zero-order valence-corrected chi connectivity index (χ0v) is 17.6. The van der Waals surface area contributed by atoms with Gasteiger partial charge in [-0.15, -0.1) is 0 Å². The van der Waals surface area contributed by atoms with Gasteiger partial charge in [0.05, 0.1) is 25.0 Å². The molecule has 0 saturated carbocycles. The maximum Gasteiger partial charge on any atom is 0.221 e. The Hall–Kier alpha value is -3.67. The molecule has 2 heterocycles. The highest BCUT2D eigenvalue weighted by atomic mass is 16.5. The third-order valence-corrected chi connectivity index (χ3v) is 5.13. The SMILES string of the molecule is COc1ccc(-c2ccc(Cn3c(C)nc4cc(NC(C)=O)c(C)nc43)cc2)cc1. The minimum Gasteiger partial charge on any atom is -0.497 e. The maximum atomic E-state index is 11.4. The number of aryl methyl sites for hydroxylation is 2. The van der Waals surface area contributed by atoms with Gasteiger partial charge >= 0.3 is 0 Å². The van der Waals surface area contributed by atoms with E-state index in [0.29, 0.717) is 12.2 Å². The van der Waals surface area contributed by atoms with Crippen molar-refractivity contribution in [1.29, 1.82) is 0 Å². The van der Waals surface area contributed by atoms with Crippen LogP contribution in [-0.4, -0.2) is 27.6 Å². The summed E-state index contributed by atoms with van der Waals surface area (Å²) in [7, 11) is 1.67. The maximum absolute atomic E-state index is 11.4. The third kappa shape index (κ3) is 3.89. The number of fused-ring (bicyclic) bond motifs is 1. The van der Waals surface area contributed by atoms with Crippen molar-refractivity contribution in [3.63, 3.8) is 0 Å². The minimum atomic E-state index is -0.118. The fraction of sp³-hybridized carbons (Fsp3) is 0.208. The number of nitrogens with one attached hydrogen (secondary N) is 1. The quantitative estimate of drug-likeness (QED) is 0.526. The summed E-state index contributed by atoms with van der Waals surface area (Å²) < 4.78 is 7.33. The highest BCUT2D eigenvalue weighted by molar-refractivity contribution is 5.91. The van der Waals surface area contributed by atoms with Gasteiger partial charge in [0.1, 0.15) is 17.1 Å². The van der Waals surface area contributed by atoms with Crippen LogP contribution in [0.25, 0.3) is 22.3 Å². The number of carbonyl (C=O) groups is 1. The molecule has 0 spiro atoms. The number of imidazole rings is 1. The smallest absolute Gasteiger partial charge is 0.221 e. The third-order valence-electron chi connectivity index (χ3n) is 5.13. The lowest BCUT2D eigenvalue weighted by Crippen LogP contribution is -2.09. The number of anilines is 1. The molecule has 0 aliphatic carbocycles. The standard InChI is InChI=1S/C24H24N4O2/c1-15-22(27-17(3)29)13-23-24(25-15)28(16(2)26-23)14-18-5-7-19(8-6-18)20-9-11-21(30-4)12-10-20/h5-13H,14H2,1-4H3,(H,27,29). The monoisotopic (exact) mass is 400 g/mol. The van der Waals surface area contributed by atoms with E-state index >= 15 is 0 Å². The summed E-state index contributed by atoms with van der Waals surface area (Å²) in [6, 6.07) is 18.4. The van der Waals surface area contributed by atoms with E-state index in [4.69, 9.17) is 9.72 Å². The van der Waals surface area contributed by atoms with E-state index < -0.39 is 0 Å². The van der Waals surface area contributed by atoms with Gasteiger partial charge in [0.25, 0.3) is 0 Å². The van der Waals surface area contributed by atoms with Crippen LogP contribution in [0.5, 0.6) is 5.75 Å². The molecule has 4 rings (SSSR count). The van der Waals surface area contributed by atoms with Crippen molar-refractivity contribution < 1.29 is 9.53 Å². The Morgan fingerprint density at radius 3 is 2.23 bits per heavy atom. The largest absolute Gasteiger partial charge is 0.497 e. The van der Waals surface area contributed by atoms with E-state index in [2.05, 4.69) is 51.3 Å². The molecule has 2 aromatic heterocycles. The van der Waals surface area contributed by atoms with Gasteiger partial charge < -0.3 is 14.6 Å². The molecule has 0 radical (unpaired) electrons. The van der Waals surface area contributed by atoms with E-state index in [1.54, 1.807) is 7.11 Å². The molecule has 2 aromatic carbocycles. The summed E-state index contributed by atoms with van der Waals surface area (Å²) in [5.41, 5.74) is 6.53. The molecular formula is C24H24N4O2. The van der Waals surface area contributed by atoms with Crippen LogP contribution in [0.3, 0.4) is 0 Å². The highest BCUT2D eigenvalue weighted by Crippen LogP contribution is 2.25. The van der Waals surface area contributed by atoms with E-state index in [1.807, 2.05) is 32.0 Å². The summed E-state index contributed by atoms with van der Waals surface area (Å²) in [4.78, 5) is 20.7. The average molecular weight is 400 g/mol. The van der Waals surface area contributed by atoms with Crippen LogP contribution in [0.2, 0.25) is 0 Å². The van der Waals surface area contributed by atoms with Crippen molar-refractivity contribution in [2.24, 2.45) is 0 Å². The van der Waals surface area contributed by atoms with Crippen LogP contribution in [0.4, 0.5) is 5.69 Å². The predicted octanol–water partition coefficient (Wildman–Crippen LogP) is 4.73. The van der Waals surface area contributed by atoms with Gasteiger partial charge in [-0.05, 0) is 48.7 Å². The van der Waals surface area contributed by atoms with Crippen LogP contribution in [0.15, 0.2) is 54.6 Å².